The van der Waals surface area contributed by atoms with Gasteiger partial charge in [-0.2, -0.15) is 0 Å². The summed E-state index contributed by atoms with van der Waals surface area (Å²) >= 11 is 6.09. The van der Waals surface area contributed by atoms with Crippen molar-refractivity contribution in [2.75, 3.05) is 44.2 Å². The lowest BCUT2D eigenvalue weighted by Gasteiger charge is -2.36. The third-order valence-corrected chi connectivity index (χ3v) is 4.79. The zero-order valence-electron chi connectivity index (χ0n) is 15.3. The third-order valence-electron chi connectivity index (χ3n) is 4.48. The van der Waals surface area contributed by atoms with Crippen LogP contribution in [0.5, 0.6) is 5.75 Å². The molecule has 0 bridgehead atoms. The summed E-state index contributed by atoms with van der Waals surface area (Å²) in [6.07, 6.45) is 0. The molecule has 1 aliphatic heterocycles. The van der Waals surface area contributed by atoms with Gasteiger partial charge in [0.1, 0.15) is 18.2 Å². The molecular weight excluding hydrogens is 369 g/mol. The number of hydrogen-bond donors (Lipinski definition) is 1. The van der Waals surface area contributed by atoms with Crippen LogP contribution in [0.15, 0.2) is 42.5 Å². The molecule has 0 aromatic heterocycles. The molecule has 144 valence electrons. The van der Waals surface area contributed by atoms with Gasteiger partial charge in [-0.1, -0.05) is 17.7 Å². The molecule has 0 atom stereocenters. The summed E-state index contributed by atoms with van der Waals surface area (Å²) in [6.45, 7) is 5.40. The van der Waals surface area contributed by atoms with E-state index >= 15 is 0 Å². The summed E-state index contributed by atoms with van der Waals surface area (Å²) in [5, 5.41) is 3.43. The summed E-state index contributed by atoms with van der Waals surface area (Å²) in [7, 11) is 0. The normalized spacial score (nSPS) is 14.2. The number of nitrogens with one attached hydrogen (secondary N) is 1. The van der Waals surface area contributed by atoms with Gasteiger partial charge < -0.3 is 19.9 Å². The molecule has 0 radical (unpaired) electrons. The highest BCUT2D eigenvalue weighted by Gasteiger charge is 2.21. The largest absolute Gasteiger partial charge is 0.490 e. The van der Waals surface area contributed by atoms with Crippen molar-refractivity contribution in [1.29, 1.82) is 0 Å². The van der Waals surface area contributed by atoms with E-state index in [0.717, 1.165) is 11.3 Å². The van der Waals surface area contributed by atoms with Gasteiger partial charge in [0.2, 0.25) is 0 Å². The summed E-state index contributed by atoms with van der Waals surface area (Å²) < 4.78 is 18.7. The standard InChI is InChI=1S/C20H23ClFN3O2/c1-15-2-7-18(21)19(14-15)27-13-8-23-20(26)25-11-9-24(10-12-25)17-5-3-16(22)4-6-17/h2-7,14H,8-13H2,1H3,(H,23,26). The van der Waals surface area contributed by atoms with Crippen LogP contribution in [0.1, 0.15) is 5.56 Å². The second kappa shape index (κ2) is 8.95. The van der Waals surface area contributed by atoms with Gasteiger partial charge in [0.25, 0.3) is 0 Å². The Hall–Kier alpha value is -2.47. The van der Waals surface area contributed by atoms with Gasteiger partial charge in [-0.05, 0) is 48.9 Å². The van der Waals surface area contributed by atoms with Gasteiger partial charge in [0.05, 0.1) is 11.6 Å². The number of hydrogen-bond acceptors (Lipinski definition) is 3. The molecule has 0 aliphatic carbocycles. The lowest BCUT2D eigenvalue weighted by Crippen LogP contribution is -2.52. The van der Waals surface area contributed by atoms with Crippen LogP contribution in [0.4, 0.5) is 14.9 Å². The predicted octanol–water partition coefficient (Wildman–Crippen LogP) is 3.70. The Morgan fingerprint density at radius 2 is 1.85 bits per heavy atom. The molecule has 2 aromatic carbocycles. The fraction of sp³-hybridized carbons (Fsp3) is 0.350. The van der Waals surface area contributed by atoms with Crippen molar-refractivity contribution in [3.05, 3.63) is 58.9 Å². The number of halogens is 2. The summed E-state index contributed by atoms with van der Waals surface area (Å²) in [4.78, 5) is 16.2. The predicted molar refractivity (Wildman–Crippen MR) is 105 cm³/mol. The van der Waals surface area contributed by atoms with E-state index in [-0.39, 0.29) is 11.8 Å². The second-order valence-electron chi connectivity index (χ2n) is 6.46. The van der Waals surface area contributed by atoms with Crippen LogP contribution in [0.2, 0.25) is 5.02 Å². The summed E-state index contributed by atoms with van der Waals surface area (Å²) in [5.41, 5.74) is 2.04. The number of urea groups is 1. The van der Waals surface area contributed by atoms with Crippen molar-refractivity contribution >= 4 is 23.3 Å². The molecule has 3 rings (SSSR count). The van der Waals surface area contributed by atoms with Gasteiger partial charge in [0, 0.05) is 31.9 Å². The first kappa shape index (κ1) is 19.3. The van der Waals surface area contributed by atoms with Crippen molar-refractivity contribution in [3.8, 4) is 5.75 Å². The maximum atomic E-state index is 13.0. The number of carbonyl (C=O) groups is 1. The van der Waals surface area contributed by atoms with E-state index in [1.54, 1.807) is 23.1 Å². The summed E-state index contributed by atoms with van der Waals surface area (Å²) in [5.74, 6) is 0.379. The highest BCUT2D eigenvalue weighted by atomic mass is 35.5. The molecule has 2 amide bonds. The summed E-state index contributed by atoms with van der Waals surface area (Å²) in [6, 6.07) is 11.9. The number of carbonyl (C=O) groups excluding carboxylic acids is 1. The van der Waals surface area contributed by atoms with Crippen molar-refractivity contribution in [2.24, 2.45) is 0 Å². The molecule has 1 N–H and O–H groups in total. The number of ether oxygens (including phenoxy) is 1. The Labute approximate surface area is 163 Å². The second-order valence-corrected chi connectivity index (χ2v) is 6.87. The minimum absolute atomic E-state index is 0.104. The van der Waals surface area contributed by atoms with Crippen LogP contribution in [0, 0.1) is 12.7 Å². The lowest BCUT2D eigenvalue weighted by molar-refractivity contribution is 0.191. The van der Waals surface area contributed by atoms with Gasteiger partial charge in [0.15, 0.2) is 0 Å². The van der Waals surface area contributed by atoms with Gasteiger partial charge in [-0.3, -0.25) is 0 Å². The van der Waals surface area contributed by atoms with Crippen LogP contribution in [0.3, 0.4) is 0 Å². The first-order valence-electron chi connectivity index (χ1n) is 8.95. The molecule has 7 heteroatoms. The van der Waals surface area contributed by atoms with E-state index in [9.17, 15) is 9.18 Å². The first-order valence-corrected chi connectivity index (χ1v) is 9.33. The first-order chi connectivity index (χ1) is 13.0. The number of aryl methyl sites for hydroxylation is 1. The van der Waals surface area contributed by atoms with E-state index in [1.165, 1.54) is 12.1 Å². The molecule has 5 nitrogen and oxygen atoms in total. The Bertz CT molecular complexity index is 777. The number of piperazine rings is 1. The maximum Gasteiger partial charge on any atom is 0.317 e. The fourth-order valence-electron chi connectivity index (χ4n) is 2.97. The molecule has 1 saturated heterocycles. The number of rotatable bonds is 5. The molecule has 1 fully saturated rings. The molecular formula is C20H23ClFN3O2. The van der Waals surface area contributed by atoms with E-state index in [2.05, 4.69) is 10.2 Å². The van der Waals surface area contributed by atoms with Crippen LogP contribution in [-0.2, 0) is 0 Å². The number of benzene rings is 2. The quantitative estimate of drug-likeness (QED) is 0.790. The molecule has 27 heavy (non-hydrogen) atoms. The Morgan fingerprint density at radius 1 is 1.15 bits per heavy atom. The zero-order valence-corrected chi connectivity index (χ0v) is 16.0. The van der Waals surface area contributed by atoms with Crippen LogP contribution in [-0.4, -0.2) is 50.3 Å². The van der Waals surface area contributed by atoms with Gasteiger partial charge in [-0.25, -0.2) is 9.18 Å². The molecule has 1 heterocycles. The number of amides is 2. The maximum absolute atomic E-state index is 13.0. The third kappa shape index (κ3) is 5.26. The van der Waals surface area contributed by atoms with E-state index < -0.39 is 0 Å². The van der Waals surface area contributed by atoms with E-state index in [1.807, 2.05) is 19.1 Å². The monoisotopic (exact) mass is 391 g/mol. The van der Waals surface area contributed by atoms with Crippen molar-refractivity contribution in [3.63, 3.8) is 0 Å². The topological polar surface area (TPSA) is 44.8 Å². The highest BCUT2D eigenvalue weighted by molar-refractivity contribution is 6.32. The molecule has 0 unspecified atom stereocenters. The Morgan fingerprint density at radius 3 is 2.56 bits per heavy atom. The van der Waals surface area contributed by atoms with Crippen LogP contribution in [0.25, 0.3) is 0 Å². The average Bonchev–Trinajstić information content (AvgIpc) is 2.68. The van der Waals surface area contributed by atoms with Gasteiger partial charge >= 0.3 is 6.03 Å². The SMILES string of the molecule is Cc1ccc(Cl)c(OCCNC(=O)N2CCN(c3ccc(F)cc3)CC2)c1. The Balaban J connectivity index is 1.39. The smallest absolute Gasteiger partial charge is 0.317 e. The van der Waals surface area contributed by atoms with Crippen molar-refractivity contribution in [1.82, 2.24) is 10.2 Å². The highest BCUT2D eigenvalue weighted by Crippen LogP contribution is 2.25. The molecule has 1 aliphatic rings. The van der Waals surface area contributed by atoms with Crippen LogP contribution >= 0.6 is 11.6 Å². The Kier molecular flexibility index (Phi) is 6.40. The lowest BCUT2D eigenvalue weighted by atomic mass is 10.2. The van der Waals surface area contributed by atoms with E-state index in [0.29, 0.717) is 50.1 Å². The molecule has 2 aromatic rings. The molecule has 0 spiro atoms. The minimum Gasteiger partial charge on any atom is -0.490 e. The minimum atomic E-state index is -0.245. The van der Waals surface area contributed by atoms with Crippen molar-refractivity contribution < 1.29 is 13.9 Å². The van der Waals surface area contributed by atoms with Crippen LogP contribution < -0.4 is 15.0 Å². The van der Waals surface area contributed by atoms with Crippen molar-refractivity contribution in [2.45, 2.75) is 6.92 Å². The number of anilines is 1. The zero-order chi connectivity index (χ0) is 19.2. The number of nitrogens with zero attached hydrogens (tertiary/aromatic N) is 2. The fourth-order valence-corrected chi connectivity index (χ4v) is 3.14. The molecule has 0 saturated carbocycles. The average molecular weight is 392 g/mol. The van der Waals surface area contributed by atoms with E-state index in [4.69, 9.17) is 16.3 Å². The van der Waals surface area contributed by atoms with Gasteiger partial charge in [-0.15, -0.1) is 0 Å².